The molecule has 2 aromatic rings. The van der Waals surface area contributed by atoms with Crippen LogP contribution in [-0.4, -0.2) is 24.9 Å². The highest BCUT2D eigenvalue weighted by molar-refractivity contribution is 5.09. The Hall–Kier alpha value is -1.75. The van der Waals surface area contributed by atoms with Crippen LogP contribution in [0, 0.1) is 6.92 Å². The van der Waals surface area contributed by atoms with E-state index in [1.807, 2.05) is 24.7 Å². The minimum absolute atomic E-state index is 0.458. The van der Waals surface area contributed by atoms with E-state index in [0.29, 0.717) is 12.2 Å². The van der Waals surface area contributed by atoms with Crippen LogP contribution >= 0.6 is 0 Å². The molecule has 0 bridgehead atoms. The molecule has 2 heterocycles. The molecule has 1 atom stereocenters. The Balaban J connectivity index is 2.05. The predicted molar refractivity (Wildman–Crippen MR) is 63.3 cm³/mol. The van der Waals surface area contributed by atoms with Gasteiger partial charge in [-0.15, -0.1) is 0 Å². The summed E-state index contributed by atoms with van der Waals surface area (Å²) in [7, 11) is 0. The predicted octanol–water partition coefficient (Wildman–Crippen LogP) is 1.28. The Morgan fingerprint density at radius 2 is 2.00 bits per heavy atom. The van der Waals surface area contributed by atoms with E-state index in [1.54, 1.807) is 18.6 Å². The summed E-state index contributed by atoms with van der Waals surface area (Å²) in [5.41, 5.74) is 1.98. The van der Waals surface area contributed by atoms with E-state index in [-0.39, 0.29) is 0 Å². The fourth-order valence-corrected chi connectivity index (χ4v) is 1.57. The lowest BCUT2D eigenvalue weighted by Crippen LogP contribution is -2.06. The Morgan fingerprint density at radius 3 is 2.59 bits per heavy atom. The first-order valence-corrected chi connectivity index (χ1v) is 5.67. The molecule has 5 nitrogen and oxygen atoms in total. The SMILES string of the molecule is CCn1cc(CC(O)c2ncc(C)cn2)cn1. The summed E-state index contributed by atoms with van der Waals surface area (Å²) < 4.78 is 1.83. The Kier molecular flexibility index (Phi) is 3.49. The van der Waals surface area contributed by atoms with Gasteiger partial charge in [-0.2, -0.15) is 5.10 Å². The van der Waals surface area contributed by atoms with Gasteiger partial charge in [-0.1, -0.05) is 0 Å². The summed E-state index contributed by atoms with van der Waals surface area (Å²) in [4.78, 5) is 8.23. The van der Waals surface area contributed by atoms with Gasteiger partial charge in [0.15, 0.2) is 5.82 Å². The zero-order chi connectivity index (χ0) is 12.3. The molecule has 1 unspecified atom stereocenters. The minimum atomic E-state index is -0.676. The highest BCUT2D eigenvalue weighted by Gasteiger charge is 2.12. The molecule has 0 aliphatic rings. The first kappa shape index (κ1) is 11.7. The van der Waals surface area contributed by atoms with E-state index < -0.39 is 6.10 Å². The standard InChI is InChI=1S/C12H16N4O/c1-3-16-8-10(7-15-16)4-11(17)12-13-5-9(2)6-14-12/h5-8,11,17H,3-4H2,1-2H3. The third kappa shape index (κ3) is 2.88. The lowest BCUT2D eigenvalue weighted by molar-refractivity contribution is 0.168. The lowest BCUT2D eigenvalue weighted by Gasteiger charge is -2.07. The van der Waals surface area contributed by atoms with Crippen molar-refractivity contribution in [2.24, 2.45) is 0 Å². The molecular formula is C12H16N4O. The molecule has 1 N–H and O–H groups in total. The van der Waals surface area contributed by atoms with E-state index in [2.05, 4.69) is 15.1 Å². The van der Waals surface area contributed by atoms with Crippen molar-refractivity contribution in [1.82, 2.24) is 19.7 Å². The number of aryl methyl sites for hydroxylation is 2. The van der Waals surface area contributed by atoms with Crippen LogP contribution in [0.2, 0.25) is 0 Å². The maximum absolute atomic E-state index is 9.98. The molecule has 0 saturated heterocycles. The van der Waals surface area contributed by atoms with Crippen LogP contribution in [0.4, 0.5) is 0 Å². The summed E-state index contributed by atoms with van der Waals surface area (Å²) in [5, 5.41) is 14.1. The molecule has 0 aliphatic carbocycles. The zero-order valence-corrected chi connectivity index (χ0v) is 10.0. The van der Waals surface area contributed by atoms with Gasteiger partial charge in [0, 0.05) is 31.6 Å². The number of rotatable bonds is 4. The number of nitrogens with zero attached hydrogens (tertiary/aromatic N) is 4. The molecule has 0 saturated carbocycles. The van der Waals surface area contributed by atoms with Crippen molar-refractivity contribution in [1.29, 1.82) is 0 Å². The van der Waals surface area contributed by atoms with Crippen LogP contribution < -0.4 is 0 Å². The maximum Gasteiger partial charge on any atom is 0.157 e. The molecule has 0 aliphatic heterocycles. The highest BCUT2D eigenvalue weighted by atomic mass is 16.3. The summed E-state index contributed by atoms with van der Waals surface area (Å²) >= 11 is 0. The van der Waals surface area contributed by atoms with Crippen LogP contribution in [0.1, 0.15) is 30.0 Å². The second-order valence-corrected chi connectivity index (χ2v) is 4.04. The summed E-state index contributed by atoms with van der Waals surface area (Å²) in [6.45, 7) is 4.77. The van der Waals surface area contributed by atoms with E-state index in [1.165, 1.54) is 0 Å². The van der Waals surface area contributed by atoms with Crippen LogP contribution in [0.25, 0.3) is 0 Å². The van der Waals surface area contributed by atoms with Gasteiger partial charge in [0.05, 0.1) is 6.20 Å². The van der Waals surface area contributed by atoms with Crippen molar-refractivity contribution < 1.29 is 5.11 Å². The topological polar surface area (TPSA) is 63.8 Å². The fourth-order valence-electron chi connectivity index (χ4n) is 1.57. The number of aliphatic hydroxyl groups is 1. The van der Waals surface area contributed by atoms with Gasteiger partial charge in [-0.05, 0) is 25.0 Å². The summed E-state index contributed by atoms with van der Waals surface area (Å²) in [6, 6.07) is 0. The highest BCUT2D eigenvalue weighted by Crippen LogP contribution is 2.14. The van der Waals surface area contributed by atoms with E-state index in [0.717, 1.165) is 17.7 Å². The van der Waals surface area contributed by atoms with Crippen molar-refractivity contribution >= 4 is 0 Å². The summed E-state index contributed by atoms with van der Waals surface area (Å²) in [5.74, 6) is 0.458. The fraction of sp³-hybridized carbons (Fsp3) is 0.417. The third-order valence-corrected chi connectivity index (χ3v) is 2.54. The normalized spacial score (nSPS) is 12.6. The van der Waals surface area contributed by atoms with Crippen molar-refractivity contribution in [3.63, 3.8) is 0 Å². The van der Waals surface area contributed by atoms with Crippen molar-refractivity contribution in [3.8, 4) is 0 Å². The van der Waals surface area contributed by atoms with E-state index in [9.17, 15) is 5.11 Å². The largest absolute Gasteiger partial charge is 0.385 e. The Labute approximate surface area is 100 Å². The monoisotopic (exact) mass is 232 g/mol. The second-order valence-electron chi connectivity index (χ2n) is 4.04. The van der Waals surface area contributed by atoms with Gasteiger partial charge in [0.2, 0.25) is 0 Å². The molecule has 0 radical (unpaired) electrons. The van der Waals surface area contributed by atoms with Crippen molar-refractivity contribution in [2.75, 3.05) is 0 Å². The van der Waals surface area contributed by atoms with Crippen molar-refractivity contribution in [2.45, 2.75) is 32.9 Å². The van der Waals surface area contributed by atoms with Crippen LogP contribution in [0.5, 0.6) is 0 Å². The van der Waals surface area contributed by atoms with Crippen LogP contribution in [0.15, 0.2) is 24.8 Å². The second kappa shape index (κ2) is 5.05. The van der Waals surface area contributed by atoms with Crippen molar-refractivity contribution in [3.05, 3.63) is 41.7 Å². The molecule has 5 heteroatoms. The average Bonchev–Trinajstić information content (AvgIpc) is 2.77. The van der Waals surface area contributed by atoms with Gasteiger partial charge in [0.25, 0.3) is 0 Å². The van der Waals surface area contributed by atoms with Gasteiger partial charge < -0.3 is 5.11 Å². The van der Waals surface area contributed by atoms with Gasteiger partial charge in [0.1, 0.15) is 6.10 Å². The van der Waals surface area contributed by atoms with Gasteiger partial charge in [-0.25, -0.2) is 9.97 Å². The minimum Gasteiger partial charge on any atom is -0.385 e. The molecule has 0 spiro atoms. The van der Waals surface area contributed by atoms with Crippen LogP contribution in [0.3, 0.4) is 0 Å². The molecule has 0 amide bonds. The average molecular weight is 232 g/mol. The van der Waals surface area contributed by atoms with E-state index in [4.69, 9.17) is 0 Å². The zero-order valence-electron chi connectivity index (χ0n) is 10.0. The molecule has 2 rings (SSSR count). The van der Waals surface area contributed by atoms with Gasteiger partial charge >= 0.3 is 0 Å². The first-order valence-electron chi connectivity index (χ1n) is 5.67. The lowest BCUT2D eigenvalue weighted by atomic mass is 10.1. The molecular weight excluding hydrogens is 216 g/mol. The number of aromatic nitrogens is 4. The molecule has 17 heavy (non-hydrogen) atoms. The van der Waals surface area contributed by atoms with E-state index >= 15 is 0 Å². The van der Waals surface area contributed by atoms with Gasteiger partial charge in [-0.3, -0.25) is 4.68 Å². The molecule has 2 aromatic heterocycles. The number of hydrogen-bond acceptors (Lipinski definition) is 4. The summed E-state index contributed by atoms with van der Waals surface area (Å²) in [6.07, 6.45) is 6.92. The smallest absolute Gasteiger partial charge is 0.157 e. The molecule has 0 fully saturated rings. The van der Waals surface area contributed by atoms with Crippen LogP contribution in [-0.2, 0) is 13.0 Å². The Bertz CT molecular complexity index is 478. The Morgan fingerprint density at radius 1 is 1.29 bits per heavy atom. The number of aliphatic hydroxyl groups excluding tert-OH is 1. The number of hydrogen-bond donors (Lipinski definition) is 1. The molecule has 90 valence electrons. The quantitative estimate of drug-likeness (QED) is 0.862. The molecule has 0 aromatic carbocycles. The third-order valence-electron chi connectivity index (χ3n) is 2.54. The maximum atomic E-state index is 9.98. The first-order chi connectivity index (χ1) is 8.19.